The monoisotopic (exact) mass is 293 g/mol. The molecule has 0 fully saturated rings. The molecule has 0 saturated heterocycles. The molecule has 0 aliphatic carbocycles. The number of nitrogen functional groups attached to an aromatic ring is 1. The van der Waals surface area contributed by atoms with Crippen molar-refractivity contribution in [1.29, 1.82) is 0 Å². The number of hydrogen-bond donors (Lipinski definition) is 1. The number of benzene rings is 1. The second-order valence-electron chi connectivity index (χ2n) is 3.82. The van der Waals surface area contributed by atoms with Crippen LogP contribution in [0, 0.1) is 6.92 Å². The number of hydrogen-bond acceptors (Lipinski definition) is 3. The molecular formula is C12H12BrN3O. The van der Waals surface area contributed by atoms with E-state index in [1.165, 1.54) is 10.7 Å². The molecule has 0 radical (unpaired) electrons. The highest BCUT2D eigenvalue weighted by Crippen LogP contribution is 2.20. The molecule has 17 heavy (non-hydrogen) atoms. The van der Waals surface area contributed by atoms with E-state index in [1.54, 1.807) is 12.1 Å². The minimum absolute atomic E-state index is 0.112. The quantitative estimate of drug-likeness (QED) is 0.861. The van der Waals surface area contributed by atoms with Gasteiger partial charge in [-0.05, 0) is 30.7 Å². The van der Waals surface area contributed by atoms with Crippen molar-refractivity contribution in [3.63, 3.8) is 0 Å². The predicted molar refractivity (Wildman–Crippen MR) is 70.9 cm³/mol. The zero-order chi connectivity index (χ0) is 12.4. The number of halogens is 1. The van der Waals surface area contributed by atoms with E-state index < -0.39 is 0 Å². The van der Waals surface area contributed by atoms with Gasteiger partial charge in [0.1, 0.15) is 0 Å². The van der Waals surface area contributed by atoms with Crippen molar-refractivity contribution in [2.24, 2.45) is 0 Å². The molecule has 1 aromatic heterocycles. The van der Waals surface area contributed by atoms with Gasteiger partial charge < -0.3 is 5.73 Å². The van der Waals surface area contributed by atoms with E-state index in [9.17, 15) is 4.79 Å². The Labute approximate surface area is 107 Å². The molecule has 88 valence electrons. The van der Waals surface area contributed by atoms with Gasteiger partial charge in [-0.1, -0.05) is 22.0 Å². The third kappa shape index (κ3) is 2.74. The molecule has 0 saturated carbocycles. The first-order valence-corrected chi connectivity index (χ1v) is 5.94. The number of anilines is 1. The van der Waals surface area contributed by atoms with Gasteiger partial charge >= 0.3 is 0 Å². The van der Waals surface area contributed by atoms with E-state index >= 15 is 0 Å². The van der Waals surface area contributed by atoms with E-state index in [4.69, 9.17) is 5.73 Å². The van der Waals surface area contributed by atoms with E-state index in [1.807, 2.05) is 19.1 Å². The number of rotatable bonds is 2. The van der Waals surface area contributed by atoms with E-state index in [0.29, 0.717) is 12.2 Å². The van der Waals surface area contributed by atoms with Crippen LogP contribution in [0.5, 0.6) is 0 Å². The molecule has 2 N–H and O–H groups in total. The largest absolute Gasteiger partial charge is 0.399 e. The maximum absolute atomic E-state index is 11.6. The Morgan fingerprint density at radius 3 is 2.82 bits per heavy atom. The average Bonchev–Trinajstić information content (AvgIpc) is 2.27. The first-order chi connectivity index (χ1) is 8.06. The van der Waals surface area contributed by atoms with Crippen LogP contribution in [0.2, 0.25) is 0 Å². The summed E-state index contributed by atoms with van der Waals surface area (Å²) in [7, 11) is 0. The lowest BCUT2D eigenvalue weighted by atomic mass is 10.2. The van der Waals surface area contributed by atoms with Gasteiger partial charge in [-0.15, -0.1) is 0 Å². The molecule has 5 heteroatoms. The van der Waals surface area contributed by atoms with Crippen LogP contribution >= 0.6 is 15.9 Å². The Hall–Kier alpha value is -1.62. The maximum Gasteiger partial charge on any atom is 0.267 e. The number of nitrogens with two attached hydrogens (primary N) is 1. The number of aryl methyl sites for hydroxylation is 1. The summed E-state index contributed by atoms with van der Waals surface area (Å²) in [6.07, 6.45) is 0. The van der Waals surface area contributed by atoms with Crippen LogP contribution in [0.25, 0.3) is 0 Å². The van der Waals surface area contributed by atoms with Gasteiger partial charge in [0.15, 0.2) is 0 Å². The number of aromatic nitrogens is 2. The van der Waals surface area contributed by atoms with Gasteiger partial charge in [-0.25, -0.2) is 4.68 Å². The second-order valence-corrected chi connectivity index (χ2v) is 4.68. The minimum atomic E-state index is -0.112. The zero-order valence-electron chi connectivity index (χ0n) is 9.35. The summed E-state index contributed by atoms with van der Waals surface area (Å²) >= 11 is 3.42. The minimum Gasteiger partial charge on any atom is -0.399 e. The van der Waals surface area contributed by atoms with E-state index in [-0.39, 0.29) is 5.56 Å². The van der Waals surface area contributed by atoms with Crippen LogP contribution in [0.1, 0.15) is 11.3 Å². The highest BCUT2D eigenvalue weighted by atomic mass is 79.9. The molecule has 4 nitrogen and oxygen atoms in total. The molecule has 0 atom stereocenters. The molecule has 1 heterocycles. The van der Waals surface area contributed by atoms with E-state index in [0.717, 1.165) is 15.7 Å². The Kier molecular flexibility index (Phi) is 3.28. The van der Waals surface area contributed by atoms with Crippen molar-refractivity contribution in [2.75, 3.05) is 5.73 Å². The van der Waals surface area contributed by atoms with Gasteiger partial charge in [0, 0.05) is 16.2 Å². The van der Waals surface area contributed by atoms with Crippen LogP contribution in [-0.2, 0) is 6.54 Å². The Morgan fingerprint density at radius 1 is 1.35 bits per heavy atom. The van der Waals surface area contributed by atoms with Crippen molar-refractivity contribution < 1.29 is 0 Å². The molecule has 2 rings (SSSR count). The first kappa shape index (κ1) is 11.9. The fourth-order valence-corrected chi connectivity index (χ4v) is 2.04. The Morgan fingerprint density at radius 2 is 2.12 bits per heavy atom. The first-order valence-electron chi connectivity index (χ1n) is 5.15. The number of nitrogens with zero attached hydrogens (tertiary/aromatic N) is 2. The van der Waals surface area contributed by atoms with E-state index in [2.05, 4.69) is 21.0 Å². The lowest BCUT2D eigenvalue weighted by molar-refractivity contribution is 0.627. The highest BCUT2D eigenvalue weighted by Gasteiger charge is 2.04. The van der Waals surface area contributed by atoms with Crippen LogP contribution < -0.4 is 11.3 Å². The van der Waals surface area contributed by atoms with Gasteiger partial charge in [-0.2, -0.15) is 5.10 Å². The molecule has 0 aliphatic heterocycles. The molecule has 0 spiro atoms. The van der Waals surface area contributed by atoms with Gasteiger partial charge in [0.25, 0.3) is 5.56 Å². The third-order valence-electron chi connectivity index (χ3n) is 2.40. The van der Waals surface area contributed by atoms with Crippen molar-refractivity contribution in [1.82, 2.24) is 9.78 Å². The van der Waals surface area contributed by atoms with Crippen molar-refractivity contribution >= 4 is 21.6 Å². The highest BCUT2D eigenvalue weighted by molar-refractivity contribution is 9.10. The topological polar surface area (TPSA) is 60.9 Å². The standard InChI is InChI=1S/C12H12BrN3O/c1-8-2-5-12(17)16(15-8)7-9-3-4-10(14)6-11(9)13/h2-6H,7,14H2,1H3. The summed E-state index contributed by atoms with van der Waals surface area (Å²) in [6.45, 7) is 2.29. The van der Waals surface area contributed by atoms with Crippen molar-refractivity contribution in [3.05, 3.63) is 56.4 Å². The molecule has 2 aromatic rings. The SMILES string of the molecule is Cc1ccc(=O)n(Cc2ccc(N)cc2Br)n1. The summed E-state index contributed by atoms with van der Waals surface area (Å²) in [5.74, 6) is 0. The summed E-state index contributed by atoms with van der Waals surface area (Å²) in [4.78, 5) is 11.6. The summed E-state index contributed by atoms with van der Waals surface area (Å²) in [6, 6.07) is 8.73. The predicted octanol–water partition coefficient (Wildman–Crippen LogP) is 1.94. The second kappa shape index (κ2) is 4.71. The smallest absolute Gasteiger partial charge is 0.267 e. The lowest BCUT2D eigenvalue weighted by Gasteiger charge is -2.07. The Bertz CT molecular complexity index is 607. The summed E-state index contributed by atoms with van der Waals surface area (Å²) in [5.41, 5.74) is 8.02. The van der Waals surface area contributed by atoms with Crippen LogP contribution in [0.3, 0.4) is 0 Å². The van der Waals surface area contributed by atoms with Gasteiger partial charge in [0.05, 0.1) is 12.2 Å². The molecular weight excluding hydrogens is 282 g/mol. The fourth-order valence-electron chi connectivity index (χ4n) is 1.52. The third-order valence-corrected chi connectivity index (χ3v) is 3.14. The fraction of sp³-hybridized carbons (Fsp3) is 0.167. The lowest BCUT2D eigenvalue weighted by Crippen LogP contribution is -2.23. The molecule has 0 amide bonds. The maximum atomic E-state index is 11.6. The van der Waals surface area contributed by atoms with Gasteiger partial charge in [0.2, 0.25) is 0 Å². The van der Waals surface area contributed by atoms with Crippen LogP contribution in [0.15, 0.2) is 39.6 Å². The van der Waals surface area contributed by atoms with Crippen LogP contribution in [0.4, 0.5) is 5.69 Å². The van der Waals surface area contributed by atoms with Crippen molar-refractivity contribution in [3.8, 4) is 0 Å². The summed E-state index contributed by atoms with van der Waals surface area (Å²) < 4.78 is 2.32. The molecule has 1 aromatic carbocycles. The van der Waals surface area contributed by atoms with Crippen LogP contribution in [-0.4, -0.2) is 9.78 Å². The zero-order valence-corrected chi connectivity index (χ0v) is 10.9. The average molecular weight is 294 g/mol. The normalized spacial score (nSPS) is 10.5. The van der Waals surface area contributed by atoms with Crippen molar-refractivity contribution in [2.45, 2.75) is 13.5 Å². The molecule has 0 aliphatic rings. The summed E-state index contributed by atoms with van der Waals surface area (Å²) in [5, 5.41) is 4.18. The molecule has 0 unspecified atom stereocenters. The molecule has 0 bridgehead atoms. The van der Waals surface area contributed by atoms with Gasteiger partial charge in [-0.3, -0.25) is 4.79 Å². The Balaban J connectivity index is 2.38.